The highest BCUT2D eigenvalue weighted by Gasteiger charge is 2.41. The minimum absolute atomic E-state index is 0.171. The molecule has 0 amide bonds. The molecule has 1 aliphatic rings. The van der Waals surface area contributed by atoms with Crippen LogP contribution in [0.5, 0.6) is 0 Å². The molecular weight excluding hydrogens is 254 g/mol. The minimum Gasteiger partial charge on any atom is -0.465 e. The van der Waals surface area contributed by atoms with Gasteiger partial charge in [0.15, 0.2) is 0 Å². The van der Waals surface area contributed by atoms with Gasteiger partial charge in [0, 0.05) is 19.6 Å². The number of carbonyl (C=O) groups excluding carboxylic acids is 1. The van der Waals surface area contributed by atoms with E-state index in [9.17, 15) is 4.79 Å². The predicted molar refractivity (Wildman–Crippen MR) is 80.8 cm³/mol. The summed E-state index contributed by atoms with van der Waals surface area (Å²) in [5.41, 5.74) is -1.04. The maximum Gasteiger partial charge on any atom is 0.326 e. The summed E-state index contributed by atoms with van der Waals surface area (Å²) >= 11 is 0. The van der Waals surface area contributed by atoms with E-state index in [0.29, 0.717) is 19.1 Å². The fourth-order valence-electron chi connectivity index (χ4n) is 3.09. The number of esters is 1. The summed E-state index contributed by atoms with van der Waals surface area (Å²) in [5, 5.41) is 3.55. The van der Waals surface area contributed by atoms with E-state index in [-0.39, 0.29) is 11.6 Å². The van der Waals surface area contributed by atoms with Gasteiger partial charge in [0.2, 0.25) is 0 Å². The standard InChI is InChI=1S/C16H31NO3/c1-6-20-14(18)16(4,12-15(2,3)19-5)17-13-10-8-7-9-11-13/h13,17H,6-12H2,1-5H3. The molecule has 4 nitrogen and oxygen atoms in total. The molecule has 1 rings (SSSR count). The highest BCUT2D eigenvalue weighted by Crippen LogP contribution is 2.27. The zero-order chi connectivity index (χ0) is 15.2. The van der Waals surface area contributed by atoms with Crippen molar-refractivity contribution in [2.75, 3.05) is 13.7 Å². The lowest BCUT2D eigenvalue weighted by molar-refractivity contribution is -0.154. The molecule has 0 aliphatic heterocycles. The summed E-state index contributed by atoms with van der Waals surface area (Å²) in [6, 6.07) is 0.408. The predicted octanol–water partition coefficient (Wildman–Crippen LogP) is 3.05. The fraction of sp³-hybridized carbons (Fsp3) is 0.938. The van der Waals surface area contributed by atoms with Crippen LogP contribution in [-0.4, -0.2) is 36.9 Å². The first-order chi connectivity index (χ1) is 9.33. The lowest BCUT2D eigenvalue weighted by Gasteiger charge is -2.39. The lowest BCUT2D eigenvalue weighted by atomic mass is 9.85. The molecule has 1 N–H and O–H groups in total. The summed E-state index contributed by atoms with van der Waals surface area (Å²) in [7, 11) is 1.69. The fourth-order valence-corrected chi connectivity index (χ4v) is 3.09. The van der Waals surface area contributed by atoms with E-state index in [1.807, 2.05) is 27.7 Å². The minimum atomic E-state index is -0.683. The second kappa shape index (κ2) is 7.41. The second-order valence-corrected chi connectivity index (χ2v) is 6.67. The Hall–Kier alpha value is -0.610. The highest BCUT2D eigenvalue weighted by molar-refractivity contribution is 5.80. The molecule has 20 heavy (non-hydrogen) atoms. The van der Waals surface area contributed by atoms with Crippen molar-refractivity contribution in [3.05, 3.63) is 0 Å². The first kappa shape index (κ1) is 17.4. The van der Waals surface area contributed by atoms with Gasteiger partial charge in [-0.2, -0.15) is 0 Å². The van der Waals surface area contributed by atoms with Crippen LogP contribution in [0.1, 0.15) is 66.2 Å². The molecule has 0 heterocycles. The van der Waals surface area contributed by atoms with Gasteiger partial charge in [0.1, 0.15) is 5.54 Å². The van der Waals surface area contributed by atoms with Crippen molar-refractivity contribution in [3.63, 3.8) is 0 Å². The van der Waals surface area contributed by atoms with Gasteiger partial charge < -0.3 is 9.47 Å². The van der Waals surface area contributed by atoms with Crippen LogP contribution < -0.4 is 5.32 Å². The van der Waals surface area contributed by atoms with E-state index in [1.165, 1.54) is 19.3 Å². The highest BCUT2D eigenvalue weighted by atomic mass is 16.5. The molecule has 1 saturated carbocycles. The van der Waals surface area contributed by atoms with Crippen molar-refractivity contribution in [2.45, 2.75) is 83.4 Å². The first-order valence-corrected chi connectivity index (χ1v) is 7.83. The van der Waals surface area contributed by atoms with Gasteiger partial charge in [0.25, 0.3) is 0 Å². The van der Waals surface area contributed by atoms with Gasteiger partial charge in [-0.3, -0.25) is 10.1 Å². The average Bonchev–Trinajstić information content (AvgIpc) is 2.39. The van der Waals surface area contributed by atoms with Crippen LogP contribution in [0.3, 0.4) is 0 Å². The van der Waals surface area contributed by atoms with Crippen LogP contribution in [-0.2, 0) is 14.3 Å². The van der Waals surface area contributed by atoms with Crippen LogP contribution in [0.25, 0.3) is 0 Å². The quantitative estimate of drug-likeness (QED) is 0.730. The van der Waals surface area contributed by atoms with Crippen LogP contribution in [0, 0.1) is 0 Å². The van der Waals surface area contributed by atoms with Crippen LogP contribution in [0.2, 0.25) is 0 Å². The monoisotopic (exact) mass is 285 g/mol. The molecule has 4 heteroatoms. The lowest BCUT2D eigenvalue weighted by Crippen LogP contribution is -2.58. The smallest absolute Gasteiger partial charge is 0.326 e. The van der Waals surface area contributed by atoms with E-state index in [1.54, 1.807) is 7.11 Å². The third-order valence-corrected chi connectivity index (χ3v) is 4.19. The number of rotatable bonds is 7. The third-order valence-electron chi connectivity index (χ3n) is 4.19. The zero-order valence-corrected chi connectivity index (χ0v) is 13.8. The summed E-state index contributed by atoms with van der Waals surface area (Å²) in [6.07, 6.45) is 6.67. The molecule has 0 spiro atoms. The van der Waals surface area contributed by atoms with E-state index >= 15 is 0 Å². The van der Waals surface area contributed by atoms with Crippen LogP contribution in [0.15, 0.2) is 0 Å². The Morgan fingerprint density at radius 3 is 2.30 bits per heavy atom. The Morgan fingerprint density at radius 1 is 1.20 bits per heavy atom. The molecule has 0 saturated heterocycles. The Kier molecular flexibility index (Phi) is 6.46. The van der Waals surface area contributed by atoms with Crippen LogP contribution >= 0.6 is 0 Å². The van der Waals surface area contributed by atoms with Crippen molar-refractivity contribution in [1.82, 2.24) is 5.32 Å². The molecule has 0 aromatic rings. The van der Waals surface area contributed by atoms with Gasteiger partial charge in [-0.25, -0.2) is 0 Å². The van der Waals surface area contributed by atoms with Crippen molar-refractivity contribution >= 4 is 5.97 Å². The second-order valence-electron chi connectivity index (χ2n) is 6.67. The molecule has 1 atom stereocenters. The molecular formula is C16H31NO3. The third kappa shape index (κ3) is 5.06. The summed E-state index contributed by atoms with van der Waals surface area (Å²) in [6.45, 7) is 8.22. The molecule has 1 unspecified atom stereocenters. The normalized spacial score (nSPS) is 20.4. The van der Waals surface area contributed by atoms with E-state index in [4.69, 9.17) is 9.47 Å². The molecule has 0 radical (unpaired) electrons. The summed E-state index contributed by atoms with van der Waals surface area (Å²) in [5.74, 6) is -0.171. The van der Waals surface area contributed by atoms with E-state index in [0.717, 1.165) is 12.8 Å². The Bertz CT molecular complexity index is 311. The van der Waals surface area contributed by atoms with Crippen molar-refractivity contribution in [3.8, 4) is 0 Å². The average molecular weight is 285 g/mol. The molecule has 1 fully saturated rings. The topological polar surface area (TPSA) is 47.6 Å². The van der Waals surface area contributed by atoms with Gasteiger partial charge in [0.05, 0.1) is 12.2 Å². The molecule has 0 bridgehead atoms. The Morgan fingerprint density at radius 2 is 1.80 bits per heavy atom. The van der Waals surface area contributed by atoms with Gasteiger partial charge in [-0.15, -0.1) is 0 Å². The van der Waals surface area contributed by atoms with Crippen molar-refractivity contribution in [2.24, 2.45) is 0 Å². The maximum absolute atomic E-state index is 12.4. The molecule has 0 aromatic carbocycles. The largest absolute Gasteiger partial charge is 0.465 e. The molecule has 118 valence electrons. The first-order valence-electron chi connectivity index (χ1n) is 7.83. The SMILES string of the molecule is CCOC(=O)C(C)(CC(C)(C)OC)NC1CCCCC1. The van der Waals surface area contributed by atoms with Gasteiger partial charge >= 0.3 is 5.97 Å². The number of ether oxygens (including phenoxy) is 2. The van der Waals surface area contributed by atoms with Crippen molar-refractivity contribution in [1.29, 1.82) is 0 Å². The summed E-state index contributed by atoms with van der Waals surface area (Å²) in [4.78, 5) is 12.4. The van der Waals surface area contributed by atoms with Gasteiger partial charge in [-0.05, 0) is 40.5 Å². The van der Waals surface area contributed by atoms with Crippen molar-refractivity contribution < 1.29 is 14.3 Å². The van der Waals surface area contributed by atoms with E-state index < -0.39 is 5.54 Å². The Labute approximate surface area is 123 Å². The number of nitrogens with one attached hydrogen (secondary N) is 1. The summed E-state index contributed by atoms with van der Waals surface area (Å²) < 4.78 is 10.8. The van der Waals surface area contributed by atoms with Crippen LogP contribution in [0.4, 0.5) is 0 Å². The van der Waals surface area contributed by atoms with Gasteiger partial charge in [-0.1, -0.05) is 19.3 Å². The zero-order valence-electron chi connectivity index (χ0n) is 13.8. The molecule has 1 aliphatic carbocycles. The number of methoxy groups -OCH3 is 1. The molecule has 0 aromatic heterocycles. The maximum atomic E-state index is 12.4. The van der Waals surface area contributed by atoms with E-state index in [2.05, 4.69) is 5.32 Å². The Balaban J connectivity index is 2.79. The number of hydrogen-bond acceptors (Lipinski definition) is 4. The number of carbonyl (C=O) groups is 1. The number of hydrogen-bond donors (Lipinski definition) is 1.